The Kier molecular flexibility index (Phi) is 8.96. The van der Waals surface area contributed by atoms with Gasteiger partial charge in [0.25, 0.3) is 0 Å². The molecule has 0 saturated carbocycles. The van der Waals surface area contributed by atoms with E-state index in [1.807, 2.05) is 6.07 Å². The van der Waals surface area contributed by atoms with E-state index < -0.39 is 0 Å². The average molecular weight is 882 g/mol. The number of nitrogens with zero attached hydrogens (tertiary/aromatic N) is 5. The van der Waals surface area contributed by atoms with E-state index in [0.29, 0.717) is 5.82 Å². The van der Waals surface area contributed by atoms with Crippen molar-refractivity contribution in [1.82, 2.24) is 19.1 Å². The minimum atomic E-state index is 0.0429. The van der Waals surface area contributed by atoms with Crippen LogP contribution in [0.25, 0.3) is 94.5 Å². The topological polar surface area (TPSA) is 38.9 Å². The third kappa shape index (κ3) is 6.39. The van der Waals surface area contributed by atoms with Gasteiger partial charge in [0.2, 0.25) is 0 Å². The standard InChI is InChI=1S/C64H43N5/c1-4-18-42(19-5-1)56-41-57(66-64(65-56)43-20-6-2-7-21-43)46-36-48(68-58-28-14-10-24-50(58)51-25-11-15-29-59(51)68)40-49(37-46)69-61-31-17-13-27-53(61)55-39-45(33-35-63(55)69)44-32-34-62-54(38-44)52-26-12-16-30-60(52)67(62)47-22-8-3-9-23-47/h1-41,55,63H. The highest BCUT2D eigenvalue weighted by Gasteiger charge is 2.39. The molecule has 0 spiro atoms. The van der Waals surface area contributed by atoms with Gasteiger partial charge in [-0.05, 0) is 89.5 Å². The Morgan fingerprint density at radius 1 is 0.362 bits per heavy atom. The molecule has 0 amide bonds. The molecule has 5 nitrogen and oxygen atoms in total. The van der Waals surface area contributed by atoms with Gasteiger partial charge in [-0.15, -0.1) is 0 Å². The Morgan fingerprint density at radius 3 is 1.59 bits per heavy atom. The lowest BCUT2D eigenvalue weighted by molar-refractivity contribution is 0.747. The van der Waals surface area contributed by atoms with Crippen molar-refractivity contribution in [3.8, 4) is 45.3 Å². The first-order valence-electron chi connectivity index (χ1n) is 23.7. The van der Waals surface area contributed by atoms with Crippen molar-refractivity contribution in [2.24, 2.45) is 0 Å². The molecule has 324 valence electrons. The molecule has 0 fully saturated rings. The Hall–Kier alpha value is -9.06. The predicted octanol–water partition coefficient (Wildman–Crippen LogP) is 15.9. The predicted molar refractivity (Wildman–Crippen MR) is 286 cm³/mol. The minimum absolute atomic E-state index is 0.0429. The van der Waals surface area contributed by atoms with Gasteiger partial charge in [-0.1, -0.05) is 176 Å². The fraction of sp³-hybridized carbons (Fsp3) is 0.0312. The largest absolute Gasteiger partial charge is 0.333 e. The van der Waals surface area contributed by atoms with E-state index in [2.05, 4.69) is 257 Å². The molecule has 12 aromatic rings. The number of para-hydroxylation sites is 5. The van der Waals surface area contributed by atoms with Crippen molar-refractivity contribution >= 4 is 60.6 Å². The van der Waals surface area contributed by atoms with Gasteiger partial charge in [0.05, 0.1) is 39.5 Å². The SMILES string of the molecule is C1=CC2C(C=C1c1ccc3c(c1)c1ccccc1n3-c1ccccc1)c1ccccc1N2c1cc(-c2cc(-c3ccccc3)nc(-c3ccccc3)n2)cc(-n2c3ccccc3c3ccccc32)c1. The van der Waals surface area contributed by atoms with E-state index in [9.17, 15) is 0 Å². The van der Waals surface area contributed by atoms with Crippen LogP contribution in [0.1, 0.15) is 17.0 Å². The third-order valence-corrected chi connectivity index (χ3v) is 14.2. The zero-order chi connectivity index (χ0) is 45.4. The molecular formula is C64H43N5. The number of allylic oxidation sites excluding steroid dienone is 2. The van der Waals surface area contributed by atoms with E-state index in [4.69, 9.17) is 9.97 Å². The molecule has 1 aliphatic heterocycles. The van der Waals surface area contributed by atoms with Crippen LogP contribution in [0.5, 0.6) is 0 Å². The summed E-state index contributed by atoms with van der Waals surface area (Å²) in [7, 11) is 0. The molecule has 2 atom stereocenters. The molecule has 14 rings (SSSR count). The molecule has 5 heteroatoms. The van der Waals surface area contributed by atoms with Crippen LogP contribution in [0.4, 0.5) is 11.4 Å². The molecule has 0 radical (unpaired) electrons. The number of rotatable bonds is 7. The maximum Gasteiger partial charge on any atom is 0.160 e. The zero-order valence-corrected chi connectivity index (χ0v) is 37.6. The summed E-state index contributed by atoms with van der Waals surface area (Å²) in [6.45, 7) is 0. The molecule has 4 heterocycles. The lowest BCUT2D eigenvalue weighted by Crippen LogP contribution is -2.29. The smallest absolute Gasteiger partial charge is 0.160 e. The fourth-order valence-corrected chi connectivity index (χ4v) is 11.1. The molecule has 2 aliphatic rings. The normalized spacial score (nSPS) is 15.2. The highest BCUT2D eigenvalue weighted by molar-refractivity contribution is 6.11. The van der Waals surface area contributed by atoms with Crippen LogP contribution in [-0.4, -0.2) is 25.1 Å². The second-order valence-electron chi connectivity index (χ2n) is 18.1. The van der Waals surface area contributed by atoms with E-state index in [1.54, 1.807) is 0 Å². The number of hydrogen-bond acceptors (Lipinski definition) is 3. The molecule has 1 aliphatic carbocycles. The van der Waals surface area contributed by atoms with Crippen molar-refractivity contribution in [2.75, 3.05) is 4.90 Å². The lowest BCUT2D eigenvalue weighted by atomic mass is 9.86. The molecule has 0 saturated heterocycles. The maximum atomic E-state index is 5.38. The number of hydrogen-bond donors (Lipinski definition) is 0. The van der Waals surface area contributed by atoms with Gasteiger partial charge in [-0.25, -0.2) is 9.97 Å². The Balaban J connectivity index is 0.945. The number of benzene rings is 9. The van der Waals surface area contributed by atoms with Crippen LogP contribution >= 0.6 is 0 Å². The molecule has 2 unspecified atom stereocenters. The summed E-state index contributed by atoms with van der Waals surface area (Å²) in [6.07, 6.45) is 7.27. The van der Waals surface area contributed by atoms with Crippen molar-refractivity contribution in [2.45, 2.75) is 12.0 Å². The van der Waals surface area contributed by atoms with Crippen molar-refractivity contribution in [1.29, 1.82) is 0 Å². The van der Waals surface area contributed by atoms with Crippen LogP contribution in [0.2, 0.25) is 0 Å². The first-order chi connectivity index (χ1) is 34.2. The summed E-state index contributed by atoms with van der Waals surface area (Å²) >= 11 is 0. The van der Waals surface area contributed by atoms with Crippen molar-refractivity contribution in [3.05, 3.63) is 260 Å². The summed E-state index contributed by atoms with van der Waals surface area (Å²) in [5.74, 6) is 0.814. The van der Waals surface area contributed by atoms with Crippen molar-refractivity contribution in [3.63, 3.8) is 0 Å². The summed E-state index contributed by atoms with van der Waals surface area (Å²) in [5.41, 5.74) is 17.8. The van der Waals surface area contributed by atoms with E-state index in [1.165, 1.54) is 55.0 Å². The number of fused-ring (bicyclic) bond motifs is 9. The molecular weight excluding hydrogens is 839 g/mol. The number of aromatic nitrogens is 4. The van der Waals surface area contributed by atoms with Gasteiger partial charge < -0.3 is 14.0 Å². The van der Waals surface area contributed by atoms with Gasteiger partial charge in [-0.2, -0.15) is 0 Å². The maximum absolute atomic E-state index is 5.38. The van der Waals surface area contributed by atoms with Crippen LogP contribution < -0.4 is 4.90 Å². The van der Waals surface area contributed by atoms with Crippen LogP contribution in [0, 0.1) is 0 Å². The summed E-state index contributed by atoms with van der Waals surface area (Å²) in [5, 5.41) is 4.95. The highest BCUT2D eigenvalue weighted by Crippen LogP contribution is 2.51. The van der Waals surface area contributed by atoms with Gasteiger partial charge in [0, 0.05) is 66.9 Å². The van der Waals surface area contributed by atoms with Crippen molar-refractivity contribution < 1.29 is 0 Å². The van der Waals surface area contributed by atoms with Gasteiger partial charge in [0.15, 0.2) is 5.82 Å². The highest BCUT2D eigenvalue weighted by atomic mass is 15.2. The first-order valence-corrected chi connectivity index (χ1v) is 23.7. The molecule has 9 aromatic carbocycles. The molecule has 69 heavy (non-hydrogen) atoms. The van der Waals surface area contributed by atoms with Crippen LogP contribution in [0.3, 0.4) is 0 Å². The molecule has 0 bridgehead atoms. The van der Waals surface area contributed by atoms with Gasteiger partial charge in [0.1, 0.15) is 0 Å². The zero-order valence-electron chi connectivity index (χ0n) is 37.6. The van der Waals surface area contributed by atoms with E-state index in [-0.39, 0.29) is 12.0 Å². The van der Waals surface area contributed by atoms with Gasteiger partial charge in [-0.3, -0.25) is 0 Å². The Morgan fingerprint density at radius 2 is 0.899 bits per heavy atom. The molecule has 3 aromatic heterocycles. The summed E-state index contributed by atoms with van der Waals surface area (Å²) in [6, 6.07) is 82.9. The average Bonchev–Trinajstić information content (AvgIpc) is 4.07. The second-order valence-corrected chi connectivity index (χ2v) is 18.1. The lowest BCUT2D eigenvalue weighted by Gasteiger charge is -2.30. The number of anilines is 2. The first kappa shape index (κ1) is 39.1. The van der Waals surface area contributed by atoms with Crippen LogP contribution in [0.15, 0.2) is 249 Å². The fourth-order valence-electron chi connectivity index (χ4n) is 11.1. The van der Waals surface area contributed by atoms with Gasteiger partial charge >= 0.3 is 0 Å². The molecule has 0 N–H and O–H groups in total. The third-order valence-electron chi connectivity index (χ3n) is 14.2. The van der Waals surface area contributed by atoms with E-state index in [0.717, 1.165) is 56.2 Å². The van der Waals surface area contributed by atoms with Crippen LogP contribution in [-0.2, 0) is 0 Å². The monoisotopic (exact) mass is 881 g/mol. The minimum Gasteiger partial charge on any atom is -0.333 e. The summed E-state index contributed by atoms with van der Waals surface area (Å²) in [4.78, 5) is 13.1. The Bertz CT molecular complexity index is 3920. The Labute approximate surface area is 399 Å². The van der Waals surface area contributed by atoms with E-state index >= 15 is 0 Å². The summed E-state index contributed by atoms with van der Waals surface area (Å²) < 4.78 is 4.81. The second kappa shape index (κ2) is 15.8. The quantitative estimate of drug-likeness (QED) is 0.160.